The van der Waals surface area contributed by atoms with E-state index in [-0.39, 0.29) is 11.0 Å². The minimum atomic E-state index is -0.962. The number of carboxylic acid groups (broad SMARTS) is 1. The maximum absolute atomic E-state index is 11.1. The van der Waals surface area contributed by atoms with Crippen molar-refractivity contribution in [2.75, 3.05) is 0 Å². The van der Waals surface area contributed by atoms with Crippen molar-refractivity contribution in [1.29, 1.82) is 0 Å². The van der Waals surface area contributed by atoms with Gasteiger partial charge >= 0.3 is 5.97 Å². The lowest BCUT2D eigenvalue weighted by Gasteiger charge is -2.19. The summed E-state index contributed by atoms with van der Waals surface area (Å²) in [6, 6.07) is 4.89. The van der Waals surface area contributed by atoms with E-state index in [0.29, 0.717) is 5.82 Å². The van der Waals surface area contributed by atoms with Crippen LogP contribution in [0, 0.1) is 0 Å². The largest absolute Gasteiger partial charge is 0.478 e. The molecule has 0 aliphatic heterocycles. The zero-order valence-electron chi connectivity index (χ0n) is 10.6. The number of hydrogen-bond donors (Lipinski definition) is 1. The fraction of sp³-hybridized carbons (Fsp3) is 0.308. The number of carbonyl (C=O) groups is 1. The lowest BCUT2D eigenvalue weighted by Crippen LogP contribution is -2.17. The van der Waals surface area contributed by atoms with E-state index in [2.05, 4.69) is 10.1 Å². The van der Waals surface area contributed by atoms with Crippen LogP contribution in [0.5, 0.6) is 0 Å². The number of aromatic carboxylic acids is 1. The molecule has 5 nitrogen and oxygen atoms in total. The average Bonchev–Trinajstić information content (AvgIpc) is 2.80. The molecule has 0 atom stereocenters. The highest BCUT2D eigenvalue weighted by Gasteiger charge is 2.19. The first-order valence-corrected chi connectivity index (χ1v) is 5.64. The van der Waals surface area contributed by atoms with Gasteiger partial charge < -0.3 is 5.11 Å². The molecule has 0 aromatic carbocycles. The number of carboxylic acids is 1. The summed E-state index contributed by atoms with van der Waals surface area (Å²) in [5.41, 5.74) is 0.737. The second-order valence-corrected chi connectivity index (χ2v) is 5.11. The van der Waals surface area contributed by atoms with Crippen LogP contribution in [0.25, 0.3) is 5.82 Å². The SMILES string of the molecule is CC(C)(C)c1cc(C(=O)O)cc(-n2cccn2)n1. The van der Waals surface area contributed by atoms with E-state index in [1.807, 2.05) is 20.8 Å². The topological polar surface area (TPSA) is 68.0 Å². The predicted octanol–water partition coefficient (Wildman–Crippen LogP) is 2.26. The second-order valence-electron chi connectivity index (χ2n) is 5.11. The highest BCUT2D eigenvalue weighted by Crippen LogP contribution is 2.22. The first-order chi connectivity index (χ1) is 8.38. The van der Waals surface area contributed by atoms with Crippen LogP contribution in [0.15, 0.2) is 30.6 Å². The van der Waals surface area contributed by atoms with Crippen LogP contribution >= 0.6 is 0 Å². The molecule has 0 saturated carbocycles. The Hall–Kier alpha value is -2.17. The van der Waals surface area contributed by atoms with Gasteiger partial charge in [0.2, 0.25) is 0 Å². The lowest BCUT2D eigenvalue weighted by molar-refractivity contribution is 0.0696. The molecule has 0 bridgehead atoms. The molecule has 2 aromatic rings. The highest BCUT2D eigenvalue weighted by atomic mass is 16.4. The Morgan fingerprint density at radius 3 is 2.56 bits per heavy atom. The Morgan fingerprint density at radius 2 is 2.06 bits per heavy atom. The number of aromatic nitrogens is 3. The molecular weight excluding hydrogens is 230 g/mol. The van der Waals surface area contributed by atoms with Crippen molar-refractivity contribution < 1.29 is 9.90 Å². The van der Waals surface area contributed by atoms with Gasteiger partial charge in [0.15, 0.2) is 5.82 Å². The highest BCUT2D eigenvalue weighted by molar-refractivity contribution is 5.88. The molecule has 0 radical (unpaired) electrons. The number of nitrogens with zero attached hydrogens (tertiary/aromatic N) is 3. The van der Waals surface area contributed by atoms with Gasteiger partial charge in [0.05, 0.1) is 5.56 Å². The first-order valence-electron chi connectivity index (χ1n) is 5.64. The minimum Gasteiger partial charge on any atom is -0.478 e. The molecule has 5 heteroatoms. The fourth-order valence-electron chi connectivity index (χ4n) is 1.55. The summed E-state index contributed by atoms with van der Waals surface area (Å²) in [6.07, 6.45) is 3.37. The van der Waals surface area contributed by atoms with Gasteiger partial charge in [-0.2, -0.15) is 5.10 Å². The third-order valence-corrected chi connectivity index (χ3v) is 2.57. The van der Waals surface area contributed by atoms with Crippen LogP contribution in [-0.2, 0) is 5.41 Å². The van der Waals surface area contributed by atoms with Crippen LogP contribution in [-0.4, -0.2) is 25.8 Å². The Labute approximate surface area is 105 Å². The summed E-state index contributed by atoms with van der Waals surface area (Å²) in [6.45, 7) is 5.98. The fourth-order valence-corrected chi connectivity index (χ4v) is 1.55. The van der Waals surface area contributed by atoms with E-state index in [0.717, 1.165) is 5.69 Å². The Balaban J connectivity index is 2.61. The van der Waals surface area contributed by atoms with E-state index >= 15 is 0 Å². The Bertz CT molecular complexity index is 568. The Morgan fingerprint density at radius 1 is 1.33 bits per heavy atom. The number of hydrogen-bond acceptors (Lipinski definition) is 3. The first kappa shape index (κ1) is 12.3. The van der Waals surface area contributed by atoms with Gasteiger partial charge in [-0.15, -0.1) is 0 Å². The molecule has 0 fully saturated rings. The van der Waals surface area contributed by atoms with Gasteiger partial charge in [-0.25, -0.2) is 14.5 Å². The Kier molecular flexibility index (Phi) is 2.90. The van der Waals surface area contributed by atoms with E-state index < -0.39 is 5.97 Å². The molecule has 2 heterocycles. The van der Waals surface area contributed by atoms with Gasteiger partial charge in [-0.3, -0.25) is 0 Å². The smallest absolute Gasteiger partial charge is 0.335 e. The van der Waals surface area contributed by atoms with Crippen LogP contribution in [0.2, 0.25) is 0 Å². The van der Waals surface area contributed by atoms with E-state index in [9.17, 15) is 4.79 Å². The van der Waals surface area contributed by atoms with Gasteiger partial charge in [0.1, 0.15) is 0 Å². The molecule has 0 unspecified atom stereocenters. The molecule has 0 aliphatic carbocycles. The average molecular weight is 245 g/mol. The van der Waals surface area contributed by atoms with Crippen molar-refractivity contribution >= 4 is 5.97 Å². The zero-order valence-corrected chi connectivity index (χ0v) is 10.6. The number of pyridine rings is 1. The van der Waals surface area contributed by atoms with E-state index in [1.165, 1.54) is 6.07 Å². The second kappa shape index (κ2) is 4.25. The van der Waals surface area contributed by atoms with Crippen molar-refractivity contribution in [2.24, 2.45) is 0 Å². The molecule has 18 heavy (non-hydrogen) atoms. The molecule has 2 rings (SSSR count). The molecule has 0 saturated heterocycles. The summed E-state index contributed by atoms with van der Waals surface area (Å²) in [5, 5.41) is 13.2. The lowest BCUT2D eigenvalue weighted by atomic mass is 9.91. The third kappa shape index (κ3) is 2.40. The van der Waals surface area contributed by atoms with Crippen molar-refractivity contribution in [3.8, 4) is 5.82 Å². The standard InChI is InChI=1S/C13H15N3O2/c1-13(2,3)10-7-9(12(17)18)8-11(15-10)16-6-4-5-14-16/h4-8H,1-3H3,(H,17,18). The molecule has 0 spiro atoms. The third-order valence-electron chi connectivity index (χ3n) is 2.57. The molecule has 2 aromatic heterocycles. The van der Waals surface area contributed by atoms with Crippen molar-refractivity contribution in [3.05, 3.63) is 41.9 Å². The number of rotatable bonds is 2. The molecular formula is C13H15N3O2. The van der Waals surface area contributed by atoms with Crippen LogP contribution < -0.4 is 0 Å². The summed E-state index contributed by atoms with van der Waals surface area (Å²) in [4.78, 5) is 15.6. The predicted molar refractivity (Wildman–Crippen MR) is 67.0 cm³/mol. The summed E-state index contributed by atoms with van der Waals surface area (Å²) < 4.78 is 1.56. The van der Waals surface area contributed by atoms with E-state index in [1.54, 1.807) is 29.2 Å². The van der Waals surface area contributed by atoms with Gasteiger partial charge in [0, 0.05) is 23.5 Å². The summed E-state index contributed by atoms with van der Waals surface area (Å²) >= 11 is 0. The van der Waals surface area contributed by atoms with Gasteiger partial charge in [-0.1, -0.05) is 20.8 Å². The van der Waals surface area contributed by atoms with Crippen LogP contribution in [0.4, 0.5) is 0 Å². The quantitative estimate of drug-likeness (QED) is 0.881. The molecule has 0 aliphatic rings. The summed E-state index contributed by atoms with van der Waals surface area (Å²) in [5.74, 6) is -0.443. The zero-order chi connectivity index (χ0) is 13.3. The molecule has 94 valence electrons. The normalized spacial score (nSPS) is 11.5. The van der Waals surface area contributed by atoms with Gasteiger partial charge in [-0.05, 0) is 18.2 Å². The van der Waals surface area contributed by atoms with Crippen LogP contribution in [0.3, 0.4) is 0 Å². The van der Waals surface area contributed by atoms with E-state index in [4.69, 9.17) is 5.11 Å². The van der Waals surface area contributed by atoms with Gasteiger partial charge in [0.25, 0.3) is 0 Å². The minimum absolute atomic E-state index is 0.215. The molecule has 1 N–H and O–H groups in total. The monoisotopic (exact) mass is 245 g/mol. The van der Waals surface area contributed by atoms with Crippen molar-refractivity contribution in [3.63, 3.8) is 0 Å². The maximum atomic E-state index is 11.1. The summed E-state index contributed by atoms with van der Waals surface area (Å²) in [7, 11) is 0. The van der Waals surface area contributed by atoms with Crippen molar-refractivity contribution in [2.45, 2.75) is 26.2 Å². The van der Waals surface area contributed by atoms with Crippen molar-refractivity contribution in [1.82, 2.24) is 14.8 Å². The molecule has 0 amide bonds. The van der Waals surface area contributed by atoms with Crippen LogP contribution in [0.1, 0.15) is 36.8 Å². The maximum Gasteiger partial charge on any atom is 0.335 e.